The van der Waals surface area contributed by atoms with Gasteiger partial charge in [-0.3, -0.25) is 14.3 Å². The Bertz CT molecular complexity index is 1340. The predicted octanol–water partition coefficient (Wildman–Crippen LogP) is 3.69. The molecular formula is C23H21N3O5S. The lowest BCUT2D eigenvalue weighted by atomic mass is 10.1. The second kappa shape index (κ2) is 8.35. The number of aryl methyl sites for hydroxylation is 2. The minimum absolute atomic E-state index is 0.0315. The summed E-state index contributed by atoms with van der Waals surface area (Å²) in [5, 5.41) is 5.39. The van der Waals surface area contributed by atoms with Crippen LogP contribution in [0, 0.1) is 13.8 Å². The summed E-state index contributed by atoms with van der Waals surface area (Å²) in [6.07, 6.45) is 0. The van der Waals surface area contributed by atoms with Crippen LogP contribution < -0.4 is 20.1 Å². The third-order valence-electron chi connectivity index (χ3n) is 4.89. The van der Waals surface area contributed by atoms with E-state index in [1.54, 1.807) is 31.2 Å². The van der Waals surface area contributed by atoms with Crippen LogP contribution in [0.2, 0.25) is 0 Å². The van der Waals surface area contributed by atoms with E-state index in [9.17, 15) is 18.0 Å². The van der Waals surface area contributed by atoms with Gasteiger partial charge in [0.05, 0.1) is 21.8 Å². The number of hydrogen-bond acceptors (Lipinski definition) is 5. The van der Waals surface area contributed by atoms with Gasteiger partial charge in [0.2, 0.25) is 0 Å². The van der Waals surface area contributed by atoms with Gasteiger partial charge in [-0.25, -0.2) is 8.42 Å². The number of fused-ring (bicyclic) bond motifs is 1. The highest BCUT2D eigenvalue weighted by Gasteiger charge is 2.25. The molecule has 0 saturated carbocycles. The average molecular weight is 452 g/mol. The molecule has 3 N–H and O–H groups in total. The van der Waals surface area contributed by atoms with Gasteiger partial charge in [-0.05, 0) is 61.4 Å². The van der Waals surface area contributed by atoms with Crippen LogP contribution in [0.5, 0.6) is 5.75 Å². The molecule has 32 heavy (non-hydrogen) atoms. The van der Waals surface area contributed by atoms with E-state index in [0.29, 0.717) is 17.0 Å². The van der Waals surface area contributed by atoms with Crippen molar-refractivity contribution in [3.8, 4) is 5.75 Å². The Morgan fingerprint density at radius 2 is 1.81 bits per heavy atom. The number of carbonyl (C=O) groups excluding carboxylic acids is 2. The van der Waals surface area contributed by atoms with Gasteiger partial charge in [0, 0.05) is 5.69 Å². The second-order valence-electron chi connectivity index (χ2n) is 7.43. The molecule has 0 aliphatic carbocycles. The van der Waals surface area contributed by atoms with E-state index in [-0.39, 0.29) is 34.3 Å². The molecule has 0 unspecified atom stereocenters. The molecule has 8 nitrogen and oxygen atoms in total. The van der Waals surface area contributed by atoms with Crippen LogP contribution in [0.4, 0.5) is 17.1 Å². The molecule has 0 spiro atoms. The van der Waals surface area contributed by atoms with Gasteiger partial charge in [-0.15, -0.1) is 0 Å². The highest BCUT2D eigenvalue weighted by molar-refractivity contribution is 7.92. The molecule has 1 heterocycles. The Balaban J connectivity index is 1.64. The van der Waals surface area contributed by atoms with Gasteiger partial charge in [0.1, 0.15) is 5.75 Å². The molecule has 4 rings (SSSR count). The summed E-state index contributed by atoms with van der Waals surface area (Å²) in [6.45, 7) is 3.41. The molecule has 9 heteroatoms. The molecule has 1 aliphatic rings. The third kappa shape index (κ3) is 4.42. The van der Waals surface area contributed by atoms with Crippen LogP contribution in [-0.4, -0.2) is 26.8 Å². The summed E-state index contributed by atoms with van der Waals surface area (Å²) < 4.78 is 34.2. The van der Waals surface area contributed by atoms with Crippen molar-refractivity contribution in [3.63, 3.8) is 0 Å². The van der Waals surface area contributed by atoms with Crippen LogP contribution in [0.15, 0.2) is 65.6 Å². The number of rotatable bonds is 5. The number of amides is 2. The van der Waals surface area contributed by atoms with Crippen molar-refractivity contribution >= 4 is 38.9 Å². The van der Waals surface area contributed by atoms with E-state index in [4.69, 9.17) is 4.74 Å². The van der Waals surface area contributed by atoms with E-state index < -0.39 is 15.9 Å². The topological polar surface area (TPSA) is 114 Å². The van der Waals surface area contributed by atoms with Crippen molar-refractivity contribution < 1.29 is 22.7 Å². The van der Waals surface area contributed by atoms with Crippen molar-refractivity contribution in [2.24, 2.45) is 0 Å². The maximum absolute atomic E-state index is 13.2. The van der Waals surface area contributed by atoms with Crippen molar-refractivity contribution in [2.45, 2.75) is 18.7 Å². The van der Waals surface area contributed by atoms with E-state index >= 15 is 0 Å². The zero-order valence-electron chi connectivity index (χ0n) is 17.4. The van der Waals surface area contributed by atoms with Gasteiger partial charge >= 0.3 is 0 Å². The Morgan fingerprint density at radius 3 is 2.59 bits per heavy atom. The first-order valence-electron chi connectivity index (χ1n) is 9.80. The zero-order chi connectivity index (χ0) is 22.9. The fourth-order valence-corrected chi connectivity index (χ4v) is 4.72. The molecule has 0 bridgehead atoms. The van der Waals surface area contributed by atoms with Gasteiger partial charge in [0.15, 0.2) is 6.61 Å². The number of ether oxygens (including phenoxy) is 1. The van der Waals surface area contributed by atoms with Gasteiger partial charge < -0.3 is 15.4 Å². The lowest BCUT2D eigenvalue weighted by molar-refractivity contribution is -0.118. The number of nitrogens with one attached hydrogen (secondary N) is 3. The summed E-state index contributed by atoms with van der Waals surface area (Å²) in [5.41, 5.74) is 2.61. The molecule has 0 fully saturated rings. The second-order valence-corrected chi connectivity index (χ2v) is 9.08. The fourth-order valence-electron chi connectivity index (χ4n) is 3.39. The standard InChI is InChI=1S/C23H21N3O5S/c1-14-6-5-7-16(10-14)24-23(28)17-8-3-4-9-18(17)26-32(29,30)21-12-19-20(11-15(21)2)31-13-22(27)25-19/h3-12,26H,13H2,1-2H3,(H,24,28)(H,25,27). The largest absolute Gasteiger partial charge is 0.482 e. The Labute approximate surface area is 185 Å². The minimum Gasteiger partial charge on any atom is -0.482 e. The quantitative estimate of drug-likeness (QED) is 0.548. The van der Waals surface area contributed by atoms with E-state index in [0.717, 1.165) is 5.56 Å². The van der Waals surface area contributed by atoms with E-state index in [1.165, 1.54) is 18.2 Å². The summed E-state index contributed by atoms with van der Waals surface area (Å²) >= 11 is 0. The Kier molecular flexibility index (Phi) is 5.58. The number of hydrogen-bond donors (Lipinski definition) is 3. The molecular weight excluding hydrogens is 430 g/mol. The number of para-hydroxylation sites is 1. The first-order chi connectivity index (χ1) is 15.2. The highest BCUT2D eigenvalue weighted by Crippen LogP contribution is 2.34. The molecule has 164 valence electrons. The first-order valence-corrected chi connectivity index (χ1v) is 11.3. The lowest BCUT2D eigenvalue weighted by Gasteiger charge is -2.20. The summed E-state index contributed by atoms with van der Waals surface area (Å²) in [5.74, 6) is -0.411. The maximum atomic E-state index is 13.2. The van der Waals surface area contributed by atoms with E-state index in [2.05, 4.69) is 15.4 Å². The number of carbonyl (C=O) groups is 2. The van der Waals surface area contributed by atoms with Gasteiger partial charge in [0.25, 0.3) is 21.8 Å². The third-order valence-corrected chi connectivity index (χ3v) is 6.40. The van der Waals surface area contributed by atoms with E-state index in [1.807, 2.05) is 25.1 Å². The number of anilines is 3. The lowest BCUT2D eigenvalue weighted by Crippen LogP contribution is -2.26. The number of sulfonamides is 1. The van der Waals surface area contributed by atoms with Gasteiger partial charge in [-0.1, -0.05) is 24.3 Å². The molecule has 0 atom stereocenters. The average Bonchev–Trinajstić information content (AvgIpc) is 2.73. The van der Waals surface area contributed by atoms with Crippen LogP contribution in [-0.2, 0) is 14.8 Å². The van der Waals surface area contributed by atoms with Crippen molar-refractivity contribution in [1.29, 1.82) is 0 Å². The van der Waals surface area contributed by atoms with Crippen LogP contribution >= 0.6 is 0 Å². The smallest absolute Gasteiger partial charge is 0.262 e. The van der Waals surface area contributed by atoms with Crippen LogP contribution in [0.25, 0.3) is 0 Å². The number of benzene rings is 3. The Morgan fingerprint density at radius 1 is 1.03 bits per heavy atom. The maximum Gasteiger partial charge on any atom is 0.262 e. The normalized spacial score (nSPS) is 12.9. The first kappa shape index (κ1) is 21.4. The summed E-state index contributed by atoms with van der Waals surface area (Å²) in [4.78, 5) is 24.4. The predicted molar refractivity (Wildman–Crippen MR) is 122 cm³/mol. The van der Waals surface area contributed by atoms with Crippen molar-refractivity contribution in [2.75, 3.05) is 22.0 Å². The highest BCUT2D eigenvalue weighted by atomic mass is 32.2. The molecule has 0 saturated heterocycles. The molecule has 1 aliphatic heterocycles. The molecule has 3 aromatic rings. The minimum atomic E-state index is -4.07. The van der Waals surface area contributed by atoms with Crippen LogP contribution in [0.3, 0.4) is 0 Å². The van der Waals surface area contributed by atoms with Gasteiger partial charge in [-0.2, -0.15) is 0 Å². The molecule has 3 aromatic carbocycles. The molecule has 0 radical (unpaired) electrons. The monoisotopic (exact) mass is 451 g/mol. The van der Waals surface area contributed by atoms with Crippen molar-refractivity contribution in [1.82, 2.24) is 0 Å². The zero-order valence-corrected chi connectivity index (χ0v) is 18.2. The summed E-state index contributed by atoms with van der Waals surface area (Å²) in [7, 11) is -4.07. The molecule has 0 aromatic heterocycles. The van der Waals surface area contributed by atoms with Crippen LogP contribution in [0.1, 0.15) is 21.5 Å². The molecule has 2 amide bonds. The Hall–Kier alpha value is -3.85. The van der Waals surface area contributed by atoms with Crippen molar-refractivity contribution in [3.05, 3.63) is 77.4 Å². The summed E-state index contributed by atoms with van der Waals surface area (Å²) in [6, 6.07) is 16.5. The fraction of sp³-hybridized carbons (Fsp3) is 0.130. The SMILES string of the molecule is Cc1cccc(NC(=O)c2ccccc2NS(=O)(=O)c2cc3c(cc2C)OCC(=O)N3)c1.